The maximum absolute atomic E-state index is 3.79. The third kappa shape index (κ3) is 2.37. The number of fused-ring (bicyclic) bond motifs is 1. The van der Waals surface area contributed by atoms with Gasteiger partial charge in [0.15, 0.2) is 0 Å². The number of rotatable bonds is 3. The van der Waals surface area contributed by atoms with Gasteiger partial charge in [-0.15, -0.1) is 0 Å². The fourth-order valence-corrected chi connectivity index (χ4v) is 3.86. The summed E-state index contributed by atoms with van der Waals surface area (Å²) in [5.74, 6) is 0. The zero-order valence-corrected chi connectivity index (χ0v) is 14.3. The lowest BCUT2D eigenvalue weighted by Gasteiger charge is -2.14. The second kappa shape index (κ2) is 5.75. The average molecular weight is 370 g/mol. The highest BCUT2D eigenvalue weighted by atomic mass is 79.9. The Morgan fingerprint density at radius 3 is 2.06 bits per heavy atom. The molecule has 96 valence electrons. The Balaban J connectivity index is 2.90. The molecule has 0 radical (unpaired) electrons. The van der Waals surface area contributed by atoms with Crippen LogP contribution >= 0.6 is 31.9 Å². The number of benzene rings is 2. The highest BCUT2D eigenvalue weighted by Crippen LogP contribution is 2.37. The zero-order valence-electron chi connectivity index (χ0n) is 11.1. The fraction of sp³-hybridized carbons (Fsp3) is 0.375. The molecule has 0 unspecified atom stereocenters. The van der Waals surface area contributed by atoms with Crippen molar-refractivity contribution in [3.8, 4) is 0 Å². The first kappa shape index (κ1) is 14.1. The molecule has 0 bridgehead atoms. The predicted molar refractivity (Wildman–Crippen MR) is 87.5 cm³/mol. The van der Waals surface area contributed by atoms with Gasteiger partial charge >= 0.3 is 0 Å². The van der Waals surface area contributed by atoms with E-state index in [1.54, 1.807) is 0 Å². The molecule has 18 heavy (non-hydrogen) atoms. The van der Waals surface area contributed by atoms with Crippen molar-refractivity contribution in [2.75, 3.05) is 0 Å². The third-order valence-electron chi connectivity index (χ3n) is 3.51. The molecule has 2 rings (SSSR count). The van der Waals surface area contributed by atoms with E-state index in [-0.39, 0.29) is 0 Å². The van der Waals surface area contributed by atoms with Crippen LogP contribution in [0.1, 0.15) is 37.5 Å². The van der Waals surface area contributed by atoms with Crippen LogP contribution in [-0.4, -0.2) is 0 Å². The van der Waals surface area contributed by atoms with E-state index in [1.807, 2.05) is 0 Å². The summed E-state index contributed by atoms with van der Waals surface area (Å²) in [5.41, 5.74) is 4.22. The normalized spacial score (nSPS) is 11.2. The number of aryl methyl sites for hydroxylation is 3. The van der Waals surface area contributed by atoms with Crippen molar-refractivity contribution in [1.82, 2.24) is 0 Å². The van der Waals surface area contributed by atoms with Crippen LogP contribution in [0.25, 0.3) is 10.8 Å². The average Bonchev–Trinajstić information content (AvgIpc) is 2.41. The van der Waals surface area contributed by atoms with Gasteiger partial charge in [0.05, 0.1) is 0 Å². The molecule has 0 aliphatic rings. The van der Waals surface area contributed by atoms with Gasteiger partial charge in [0.1, 0.15) is 0 Å². The van der Waals surface area contributed by atoms with Gasteiger partial charge in [0.25, 0.3) is 0 Å². The van der Waals surface area contributed by atoms with Crippen molar-refractivity contribution < 1.29 is 0 Å². The van der Waals surface area contributed by atoms with Crippen LogP contribution in [0.15, 0.2) is 27.1 Å². The largest absolute Gasteiger partial charge is 0.0613 e. The molecular formula is C16H18Br2. The number of hydrogen-bond donors (Lipinski definition) is 0. The van der Waals surface area contributed by atoms with E-state index < -0.39 is 0 Å². The molecule has 0 saturated carbocycles. The summed E-state index contributed by atoms with van der Waals surface area (Å²) in [5, 5.41) is 2.70. The van der Waals surface area contributed by atoms with E-state index in [9.17, 15) is 0 Å². The molecule has 0 aliphatic heterocycles. The highest BCUT2D eigenvalue weighted by Gasteiger charge is 2.12. The molecular weight excluding hydrogens is 352 g/mol. The van der Waals surface area contributed by atoms with Crippen molar-refractivity contribution >= 4 is 42.6 Å². The van der Waals surface area contributed by atoms with Crippen LogP contribution in [-0.2, 0) is 19.3 Å². The summed E-state index contributed by atoms with van der Waals surface area (Å²) in [4.78, 5) is 0. The second-order valence-electron chi connectivity index (χ2n) is 4.57. The van der Waals surface area contributed by atoms with E-state index in [0.717, 1.165) is 19.3 Å². The summed E-state index contributed by atoms with van der Waals surface area (Å²) >= 11 is 7.52. The quantitative estimate of drug-likeness (QED) is 0.617. The number of halogens is 2. The molecule has 0 saturated heterocycles. The van der Waals surface area contributed by atoms with E-state index in [1.165, 1.54) is 36.4 Å². The predicted octanol–water partition coefficient (Wildman–Crippen LogP) is 6.05. The lowest BCUT2D eigenvalue weighted by Crippen LogP contribution is -1.94. The summed E-state index contributed by atoms with van der Waals surface area (Å²) in [7, 11) is 0. The lowest BCUT2D eigenvalue weighted by atomic mass is 9.96. The monoisotopic (exact) mass is 368 g/mol. The molecule has 0 N–H and O–H groups in total. The lowest BCUT2D eigenvalue weighted by molar-refractivity contribution is 1.09. The standard InChI is InChI=1S/C16H18Br2/c1-4-10-7-11(5-2)15-13(8-10)14(17)9-12(6-3)16(15)18/h7-9H,4-6H2,1-3H3. The Kier molecular flexibility index (Phi) is 4.50. The van der Waals surface area contributed by atoms with Crippen LogP contribution in [0.3, 0.4) is 0 Å². The summed E-state index contributed by atoms with van der Waals surface area (Å²) in [6, 6.07) is 6.90. The van der Waals surface area contributed by atoms with E-state index >= 15 is 0 Å². The Hall–Kier alpha value is -0.340. The Morgan fingerprint density at radius 2 is 1.50 bits per heavy atom. The van der Waals surface area contributed by atoms with Crippen LogP contribution in [0.4, 0.5) is 0 Å². The summed E-state index contributed by atoms with van der Waals surface area (Å²) in [6.07, 6.45) is 3.21. The van der Waals surface area contributed by atoms with Crippen LogP contribution < -0.4 is 0 Å². The maximum atomic E-state index is 3.79. The van der Waals surface area contributed by atoms with Gasteiger partial charge in [-0.2, -0.15) is 0 Å². The molecule has 0 amide bonds. The Labute approximate surface area is 126 Å². The molecule has 0 fully saturated rings. The van der Waals surface area contributed by atoms with E-state index in [0.29, 0.717) is 0 Å². The minimum absolute atomic E-state index is 1.05. The first-order chi connectivity index (χ1) is 8.62. The van der Waals surface area contributed by atoms with Gasteiger partial charge in [-0.3, -0.25) is 0 Å². The van der Waals surface area contributed by atoms with Gasteiger partial charge in [0.2, 0.25) is 0 Å². The van der Waals surface area contributed by atoms with Gasteiger partial charge in [-0.1, -0.05) is 42.8 Å². The molecule has 0 spiro atoms. The summed E-state index contributed by atoms with van der Waals surface area (Å²) in [6.45, 7) is 6.64. The molecule has 0 aromatic heterocycles. The Bertz CT molecular complexity index is 585. The molecule has 0 aliphatic carbocycles. The van der Waals surface area contributed by atoms with Crippen molar-refractivity contribution in [1.29, 1.82) is 0 Å². The SMILES string of the molecule is CCc1cc(CC)c2c(Br)c(CC)cc(Br)c2c1. The summed E-state index contributed by atoms with van der Waals surface area (Å²) < 4.78 is 2.48. The van der Waals surface area contributed by atoms with Crippen LogP contribution in [0.2, 0.25) is 0 Å². The molecule has 0 atom stereocenters. The second-order valence-corrected chi connectivity index (χ2v) is 6.22. The van der Waals surface area contributed by atoms with Crippen molar-refractivity contribution in [3.63, 3.8) is 0 Å². The van der Waals surface area contributed by atoms with Crippen LogP contribution in [0, 0.1) is 0 Å². The van der Waals surface area contributed by atoms with Gasteiger partial charge in [-0.05, 0) is 69.4 Å². The van der Waals surface area contributed by atoms with Gasteiger partial charge < -0.3 is 0 Å². The maximum Gasteiger partial charge on any atom is 0.0289 e. The first-order valence-corrected chi connectivity index (χ1v) is 8.13. The van der Waals surface area contributed by atoms with Crippen molar-refractivity contribution in [3.05, 3.63) is 43.8 Å². The fourth-order valence-electron chi connectivity index (χ4n) is 2.41. The minimum Gasteiger partial charge on any atom is -0.0613 e. The Morgan fingerprint density at radius 1 is 0.833 bits per heavy atom. The zero-order chi connectivity index (χ0) is 13.3. The highest BCUT2D eigenvalue weighted by molar-refractivity contribution is 9.11. The molecule has 0 heterocycles. The molecule has 0 nitrogen and oxygen atoms in total. The number of hydrogen-bond acceptors (Lipinski definition) is 0. The first-order valence-electron chi connectivity index (χ1n) is 6.54. The van der Waals surface area contributed by atoms with Gasteiger partial charge in [-0.25, -0.2) is 0 Å². The third-order valence-corrected chi connectivity index (χ3v) is 5.07. The van der Waals surface area contributed by atoms with Crippen LogP contribution in [0.5, 0.6) is 0 Å². The topological polar surface area (TPSA) is 0 Å². The van der Waals surface area contributed by atoms with Crippen molar-refractivity contribution in [2.45, 2.75) is 40.0 Å². The molecule has 2 aromatic carbocycles. The smallest absolute Gasteiger partial charge is 0.0289 e. The van der Waals surface area contributed by atoms with E-state index in [2.05, 4.69) is 70.8 Å². The molecule has 2 heteroatoms. The van der Waals surface area contributed by atoms with Gasteiger partial charge in [0, 0.05) is 14.3 Å². The van der Waals surface area contributed by atoms with Crippen molar-refractivity contribution in [2.24, 2.45) is 0 Å². The van der Waals surface area contributed by atoms with E-state index in [4.69, 9.17) is 0 Å². The molecule has 2 aromatic rings. The minimum atomic E-state index is 1.05.